The van der Waals surface area contributed by atoms with Crippen molar-refractivity contribution in [2.24, 2.45) is 0 Å². The molecule has 4 nitrogen and oxygen atoms in total. The number of nitrogens with zero attached hydrogens (tertiary/aromatic N) is 2. The monoisotopic (exact) mass is 264 g/mol. The van der Waals surface area contributed by atoms with Gasteiger partial charge in [0.05, 0.1) is 17.7 Å². The Balaban J connectivity index is 2.52. The Labute approximate surface area is 110 Å². The Hall–Kier alpha value is -1.46. The van der Waals surface area contributed by atoms with Gasteiger partial charge in [-0.15, -0.1) is 5.10 Å². The number of hydrogen-bond donors (Lipinski definition) is 1. The van der Waals surface area contributed by atoms with Gasteiger partial charge in [0, 0.05) is 5.56 Å². The molecule has 1 N–H and O–H groups in total. The van der Waals surface area contributed by atoms with E-state index in [2.05, 4.69) is 9.59 Å². The molecule has 0 fully saturated rings. The van der Waals surface area contributed by atoms with Crippen LogP contribution in [0.5, 0.6) is 5.75 Å². The quantitative estimate of drug-likeness (QED) is 0.925. The van der Waals surface area contributed by atoms with Gasteiger partial charge in [-0.2, -0.15) is 0 Å². The molecule has 18 heavy (non-hydrogen) atoms. The second kappa shape index (κ2) is 5.04. The summed E-state index contributed by atoms with van der Waals surface area (Å²) in [5.74, 6) is 0.732. The fourth-order valence-electron chi connectivity index (χ4n) is 1.93. The summed E-state index contributed by atoms with van der Waals surface area (Å²) in [6, 6.07) is 3.88. The molecule has 0 amide bonds. The number of aromatic nitrogens is 2. The van der Waals surface area contributed by atoms with E-state index >= 15 is 0 Å². The summed E-state index contributed by atoms with van der Waals surface area (Å²) in [5.41, 5.74) is 3.70. The van der Waals surface area contributed by atoms with Gasteiger partial charge in [0.2, 0.25) is 0 Å². The fourth-order valence-corrected chi connectivity index (χ4v) is 2.58. The summed E-state index contributed by atoms with van der Waals surface area (Å²) in [6.07, 6.45) is -0.737. The maximum absolute atomic E-state index is 10.4. The van der Waals surface area contributed by atoms with Crippen molar-refractivity contribution < 1.29 is 9.84 Å². The molecule has 1 heterocycles. The average molecular weight is 264 g/mol. The van der Waals surface area contributed by atoms with Crippen LogP contribution in [-0.4, -0.2) is 21.8 Å². The fraction of sp³-hybridized carbons (Fsp3) is 0.385. The van der Waals surface area contributed by atoms with Crippen LogP contribution in [0.2, 0.25) is 0 Å². The molecule has 0 saturated heterocycles. The van der Waals surface area contributed by atoms with E-state index < -0.39 is 6.10 Å². The van der Waals surface area contributed by atoms with Crippen LogP contribution in [0.15, 0.2) is 12.1 Å². The third-order valence-corrected chi connectivity index (χ3v) is 4.02. The van der Waals surface area contributed by atoms with Crippen molar-refractivity contribution in [3.8, 4) is 5.75 Å². The molecular formula is C13H16N2O2S. The van der Waals surface area contributed by atoms with E-state index in [9.17, 15) is 5.11 Å². The van der Waals surface area contributed by atoms with Gasteiger partial charge in [-0.25, -0.2) is 0 Å². The van der Waals surface area contributed by atoms with Crippen molar-refractivity contribution in [3.05, 3.63) is 39.4 Å². The number of methoxy groups -OCH3 is 1. The molecule has 0 aliphatic carbocycles. The Bertz CT molecular complexity index is 566. The lowest BCUT2D eigenvalue weighted by molar-refractivity contribution is 0.217. The second-order valence-corrected chi connectivity index (χ2v) is 5.04. The zero-order valence-electron chi connectivity index (χ0n) is 10.9. The lowest BCUT2D eigenvalue weighted by atomic mass is 9.99. The van der Waals surface area contributed by atoms with Crippen LogP contribution in [0, 0.1) is 20.8 Å². The van der Waals surface area contributed by atoms with Crippen LogP contribution in [0.1, 0.15) is 33.4 Å². The van der Waals surface area contributed by atoms with Gasteiger partial charge < -0.3 is 9.84 Å². The molecule has 2 rings (SSSR count). The van der Waals surface area contributed by atoms with Gasteiger partial charge in [-0.3, -0.25) is 0 Å². The Kier molecular flexibility index (Phi) is 3.63. The predicted molar refractivity (Wildman–Crippen MR) is 71.2 cm³/mol. The summed E-state index contributed by atoms with van der Waals surface area (Å²) in [6.45, 7) is 5.85. The molecule has 0 aliphatic heterocycles. The summed E-state index contributed by atoms with van der Waals surface area (Å²) >= 11 is 1.22. The summed E-state index contributed by atoms with van der Waals surface area (Å²) in [4.78, 5) is 0.761. The van der Waals surface area contributed by atoms with Crippen LogP contribution in [-0.2, 0) is 0 Å². The third-order valence-electron chi connectivity index (χ3n) is 3.14. The molecule has 0 radical (unpaired) electrons. The van der Waals surface area contributed by atoms with E-state index in [4.69, 9.17) is 4.74 Å². The van der Waals surface area contributed by atoms with Crippen molar-refractivity contribution in [1.29, 1.82) is 0 Å². The molecule has 0 saturated carbocycles. The van der Waals surface area contributed by atoms with E-state index in [1.54, 1.807) is 7.11 Å². The molecule has 0 bridgehead atoms. The maximum Gasteiger partial charge on any atom is 0.128 e. The molecule has 1 unspecified atom stereocenters. The van der Waals surface area contributed by atoms with Gasteiger partial charge in [0.25, 0.3) is 0 Å². The van der Waals surface area contributed by atoms with Crippen LogP contribution < -0.4 is 4.74 Å². The first-order valence-electron chi connectivity index (χ1n) is 5.67. The van der Waals surface area contributed by atoms with E-state index in [1.807, 2.05) is 32.9 Å². The second-order valence-electron chi connectivity index (χ2n) is 4.26. The molecule has 0 spiro atoms. The minimum atomic E-state index is -0.737. The Morgan fingerprint density at radius 3 is 2.56 bits per heavy atom. The highest BCUT2D eigenvalue weighted by atomic mass is 32.1. The SMILES string of the molecule is COc1c(C(O)c2snnc2C)ccc(C)c1C. The lowest BCUT2D eigenvalue weighted by Gasteiger charge is -2.17. The van der Waals surface area contributed by atoms with E-state index in [1.165, 1.54) is 11.5 Å². The molecule has 96 valence electrons. The molecule has 1 atom stereocenters. The molecular weight excluding hydrogens is 248 g/mol. The molecule has 5 heteroatoms. The molecule has 1 aromatic heterocycles. The first-order valence-corrected chi connectivity index (χ1v) is 6.44. The van der Waals surface area contributed by atoms with Gasteiger partial charge in [-0.1, -0.05) is 16.6 Å². The lowest BCUT2D eigenvalue weighted by Crippen LogP contribution is -2.04. The zero-order chi connectivity index (χ0) is 13.3. The van der Waals surface area contributed by atoms with E-state index in [0.717, 1.165) is 33.0 Å². The first kappa shape index (κ1) is 13.0. The topological polar surface area (TPSA) is 55.2 Å². The normalized spacial score (nSPS) is 12.5. The third kappa shape index (κ3) is 2.11. The molecule has 1 aromatic carbocycles. The number of hydrogen-bond acceptors (Lipinski definition) is 5. The van der Waals surface area contributed by atoms with E-state index in [-0.39, 0.29) is 0 Å². The number of benzene rings is 1. The van der Waals surface area contributed by atoms with Gasteiger partial charge in [0.1, 0.15) is 11.9 Å². The number of aliphatic hydroxyl groups is 1. The highest BCUT2D eigenvalue weighted by Gasteiger charge is 2.21. The van der Waals surface area contributed by atoms with Gasteiger partial charge >= 0.3 is 0 Å². The zero-order valence-corrected chi connectivity index (χ0v) is 11.7. The predicted octanol–water partition coefficient (Wildman–Crippen LogP) is 2.55. The van der Waals surface area contributed by atoms with Crippen molar-refractivity contribution in [2.75, 3.05) is 7.11 Å². The van der Waals surface area contributed by atoms with Crippen molar-refractivity contribution in [2.45, 2.75) is 26.9 Å². The number of aryl methyl sites for hydroxylation is 2. The van der Waals surface area contributed by atoms with Crippen molar-refractivity contribution in [1.82, 2.24) is 9.59 Å². The minimum Gasteiger partial charge on any atom is -0.496 e. The van der Waals surface area contributed by atoms with Crippen molar-refractivity contribution >= 4 is 11.5 Å². The summed E-state index contributed by atoms with van der Waals surface area (Å²) in [7, 11) is 1.62. The smallest absolute Gasteiger partial charge is 0.128 e. The van der Waals surface area contributed by atoms with Gasteiger partial charge in [0.15, 0.2) is 0 Å². The number of aliphatic hydroxyl groups excluding tert-OH is 1. The largest absolute Gasteiger partial charge is 0.496 e. The first-order chi connectivity index (χ1) is 8.56. The Morgan fingerprint density at radius 1 is 1.28 bits per heavy atom. The van der Waals surface area contributed by atoms with Crippen LogP contribution in [0.3, 0.4) is 0 Å². The molecule has 0 aliphatic rings. The molecule has 2 aromatic rings. The highest BCUT2D eigenvalue weighted by Crippen LogP contribution is 2.35. The van der Waals surface area contributed by atoms with Crippen LogP contribution in [0.25, 0.3) is 0 Å². The van der Waals surface area contributed by atoms with Crippen LogP contribution in [0.4, 0.5) is 0 Å². The standard InChI is InChI=1S/C13H16N2O2S/c1-7-5-6-10(12(17-4)8(7)2)11(16)13-9(3)14-15-18-13/h5-6,11,16H,1-4H3. The summed E-state index contributed by atoms with van der Waals surface area (Å²) in [5, 5.41) is 14.4. The maximum atomic E-state index is 10.4. The highest BCUT2D eigenvalue weighted by molar-refractivity contribution is 7.05. The van der Waals surface area contributed by atoms with Crippen LogP contribution >= 0.6 is 11.5 Å². The van der Waals surface area contributed by atoms with E-state index in [0.29, 0.717) is 0 Å². The minimum absolute atomic E-state index is 0.732. The number of rotatable bonds is 3. The Morgan fingerprint density at radius 2 is 2.00 bits per heavy atom. The van der Waals surface area contributed by atoms with Gasteiger partial charge in [-0.05, 0) is 43.4 Å². The average Bonchev–Trinajstić information content (AvgIpc) is 2.78. The summed E-state index contributed by atoms with van der Waals surface area (Å²) < 4.78 is 9.27. The number of ether oxygens (including phenoxy) is 1. The van der Waals surface area contributed by atoms with Crippen molar-refractivity contribution in [3.63, 3.8) is 0 Å².